The summed E-state index contributed by atoms with van der Waals surface area (Å²) in [4.78, 5) is 34.3. The van der Waals surface area contributed by atoms with Crippen molar-refractivity contribution in [2.75, 3.05) is 13.1 Å². The lowest BCUT2D eigenvalue weighted by Gasteiger charge is -2.54. The van der Waals surface area contributed by atoms with Crippen molar-refractivity contribution < 1.29 is 28.5 Å². The molecule has 12 heteroatoms. The molecule has 2 unspecified atom stereocenters. The largest absolute Gasteiger partial charge is 0.445 e. The Morgan fingerprint density at radius 3 is 1.54 bits per heavy atom. The lowest BCUT2D eigenvalue weighted by molar-refractivity contribution is -0.0666. The molecule has 10 fully saturated rings. The van der Waals surface area contributed by atoms with E-state index >= 15 is 0 Å². The molecule has 14 rings (SSSR count). The first-order valence-corrected chi connectivity index (χ1v) is 33.0. The van der Waals surface area contributed by atoms with Crippen molar-refractivity contribution in [1.82, 2.24) is 9.80 Å². The van der Waals surface area contributed by atoms with Crippen LogP contribution in [0.4, 0.5) is 9.59 Å². The minimum absolute atomic E-state index is 0.0538. The van der Waals surface area contributed by atoms with Crippen LogP contribution in [-0.2, 0) is 32.2 Å². The van der Waals surface area contributed by atoms with Crippen LogP contribution in [0.3, 0.4) is 0 Å². The summed E-state index contributed by atoms with van der Waals surface area (Å²) in [6.07, 6.45) is 21.2. The molecule has 12 nitrogen and oxygen atoms in total. The monoisotopic (exact) mass is 1120 g/mol. The van der Waals surface area contributed by atoms with Gasteiger partial charge in [-0.15, -0.1) is 0 Å². The molecule has 8 aliphatic carbocycles. The quantitative estimate of drug-likeness (QED) is 0.135. The standard InChI is InChI=1S/C35H48N4O3.C35H50N2O3/c1-21-16-31-32(39(19-21)33(40)41-20-24-8-6-5-7-9-24)23(3)35(42-31)15-13-27-28-11-10-25-17-26(37-38-36)12-14-34(25,4)30(28)18-29(27)22(35)2;1-21-16-31-32(37(19-21)33(38)39-20-24-8-6-5-7-9-24)23(3)35(40-31)15-13-27-28-11-10-25-17-26(36)12-14-34(25,4)30(28)18-29(27)22(35)2/h5-9,21,23,25-28,30-32H,10-20H2,1-4H3;5-9,21,23,25-28,30-32H,10-20,36H2,1-4H3/t2*21-,23+,25+,26+,27-,28?,30-,31+,32-,34-,35-/m00/s1. The zero-order valence-electron chi connectivity index (χ0n) is 51.0. The van der Waals surface area contributed by atoms with Crippen molar-refractivity contribution in [2.45, 2.75) is 232 Å². The number of hydrogen-bond donors (Lipinski definition) is 1. The smallest absolute Gasteiger partial charge is 0.410 e. The van der Waals surface area contributed by atoms with Crippen molar-refractivity contribution in [2.24, 2.45) is 92.7 Å². The number of amides is 2. The van der Waals surface area contributed by atoms with Crippen LogP contribution in [-0.4, -0.2) is 82.7 Å². The summed E-state index contributed by atoms with van der Waals surface area (Å²) < 4.78 is 26.2. The van der Waals surface area contributed by atoms with Crippen LogP contribution < -0.4 is 5.73 Å². The SMILES string of the molecule is CC1=C2C[C@H]3C(CC[C@@H]4C[C@H](N)CC[C@@]43C)[C@@H]2CC[C@]12O[C@@H]1C[C@H](C)CN(C(=O)OCc3ccccc3)[C@H]1[C@H]2C.CC1=C2C[C@H]3C(CC[C@@H]4C[C@H](N=[N+]=[N-])CC[C@@]43C)[C@@H]2CC[C@]12O[C@@H]1C[C@H](C)CN(C(=O)OCc3ccccc3)[C@H]1[C@H]2C. The number of nitrogens with two attached hydrogens (primary N) is 1. The minimum Gasteiger partial charge on any atom is -0.445 e. The van der Waals surface area contributed by atoms with Gasteiger partial charge >= 0.3 is 12.2 Å². The molecule has 82 heavy (non-hydrogen) atoms. The summed E-state index contributed by atoms with van der Waals surface area (Å²) in [5, 5.41) is 4.14. The summed E-state index contributed by atoms with van der Waals surface area (Å²) in [5.41, 5.74) is 24.2. The molecule has 0 radical (unpaired) electrons. The van der Waals surface area contributed by atoms with Crippen molar-refractivity contribution in [3.05, 3.63) is 105 Å². The fraction of sp³-hybridized carbons (Fsp3) is 0.743. The van der Waals surface area contributed by atoms with E-state index in [1.54, 1.807) is 11.1 Å². The van der Waals surface area contributed by atoms with Gasteiger partial charge in [0.25, 0.3) is 0 Å². The Morgan fingerprint density at radius 2 is 1.07 bits per heavy atom. The second kappa shape index (κ2) is 21.9. The highest BCUT2D eigenvalue weighted by Crippen LogP contribution is 2.69. The topological polar surface area (TPSA) is 152 Å². The van der Waals surface area contributed by atoms with Crippen LogP contribution in [0.15, 0.2) is 88.1 Å². The first-order valence-electron chi connectivity index (χ1n) is 33.0. The molecule has 2 aromatic carbocycles. The van der Waals surface area contributed by atoms with Gasteiger partial charge in [-0.2, -0.15) is 0 Å². The molecular weight excluding hydrogens is 1020 g/mol. The second-order valence-corrected chi connectivity index (χ2v) is 30.0. The highest BCUT2D eigenvalue weighted by molar-refractivity contribution is 5.69. The maximum Gasteiger partial charge on any atom is 0.410 e. The van der Waals surface area contributed by atoms with E-state index in [2.05, 4.69) is 65.4 Å². The number of carbonyl (C=O) groups is 2. The maximum atomic E-state index is 13.6. The van der Waals surface area contributed by atoms with E-state index in [0.29, 0.717) is 53.8 Å². The van der Waals surface area contributed by atoms with Crippen LogP contribution in [0.25, 0.3) is 10.4 Å². The second-order valence-electron chi connectivity index (χ2n) is 30.0. The van der Waals surface area contributed by atoms with E-state index in [9.17, 15) is 9.59 Å². The molecule has 4 saturated heterocycles. The predicted octanol–water partition coefficient (Wildman–Crippen LogP) is 15.5. The van der Waals surface area contributed by atoms with Crippen molar-refractivity contribution in [3.63, 3.8) is 0 Å². The Kier molecular flexibility index (Phi) is 15.1. The summed E-state index contributed by atoms with van der Waals surface area (Å²) >= 11 is 0. The number of azide groups is 1. The number of likely N-dealkylation sites (tertiary alicyclic amines) is 2. The summed E-state index contributed by atoms with van der Waals surface area (Å²) in [7, 11) is 0. The Balaban J connectivity index is 0.000000154. The number of carbonyl (C=O) groups excluding carboxylic acids is 2. The number of ether oxygens (including phenoxy) is 4. The molecule has 22 atom stereocenters. The van der Waals surface area contributed by atoms with Crippen molar-refractivity contribution >= 4 is 12.2 Å². The van der Waals surface area contributed by atoms with Gasteiger partial charge in [-0.1, -0.05) is 118 Å². The Hall–Kier alpha value is -4.35. The van der Waals surface area contributed by atoms with Crippen molar-refractivity contribution in [1.29, 1.82) is 0 Å². The molecule has 2 amide bonds. The van der Waals surface area contributed by atoms with Gasteiger partial charge in [0.15, 0.2) is 0 Å². The number of nitrogens with zero attached hydrogens (tertiary/aromatic N) is 5. The third-order valence-electron chi connectivity index (χ3n) is 26.3. The zero-order chi connectivity index (χ0) is 57.0. The van der Waals surface area contributed by atoms with Crippen LogP contribution in [0.2, 0.25) is 0 Å². The molecule has 4 aliphatic heterocycles. The van der Waals surface area contributed by atoms with E-state index in [1.807, 2.05) is 70.5 Å². The average molecular weight is 1120 g/mol. The lowest BCUT2D eigenvalue weighted by Crippen LogP contribution is -2.54. The summed E-state index contributed by atoms with van der Waals surface area (Å²) in [6.45, 7) is 21.3. The van der Waals surface area contributed by atoms with Gasteiger partial charge in [0.05, 0.1) is 35.5 Å². The number of fused-ring (bicyclic) bond motifs is 12. The van der Waals surface area contributed by atoms with Crippen LogP contribution in [0.5, 0.6) is 0 Å². The zero-order valence-corrected chi connectivity index (χ0v) is 51.0. The molecule has 12 aliphatic rings. The van der Waals surface area contributed by atoms with Crippen LogP contribution in [0.1, 0.15) is 182 Å². The van der Waals surface area contributed by atoms with Gasteiger partial charge in [0.2, 0.25) is 0 Å². The number of benzene rings is 2. The number of allylic oxidation sites excluding steroid dienone is 2. The predicted molar refractivity (Wildman–Crippen MR) is 320 cm³/mol. The third-order valence-corrected chi connectivity index (χ3v) is 26.3. The van der Waals surface area contributed by atoms with Gasteiger partial charge in [0, 0.05) is 41.9 Å². The molecule has 2 aromatic rings. The van der Waals surface area contributed by atoms with Gasteiger partial charge in [-0.3, -0.25) is 0 Å². The minimum atomic E-state index is -0.282. The molecule has 2 spiro atoms. The Morgan fingerprint density at radius 1 is 0.622 bits per heavy atom. The fourth-order valence-electron chi connectivity index (χ4n) is 22.1. The average Bonchev–Trinajstić information content (AvgIpc) is 2.86. The first kappa shape index (κ1) is 56.8. The molecule has 2 N–H and O–H groups in total. The van der Waals surface area contributed by atoms with Gasteiger partial charge in [-0.05, 0) is 227 Å². The van der Waals surface area contributed by atoms with Gasteiger partial charge < -0.3 is 34.5 Å². The van der Waals surface area contributed by atoms with Crippen molar-refractivity contribution in [3.8, 4) is 0 Å². The molecular formula is C70H98N6O6. The van der Waals surface area contributed by atoms with Gasteiger partial charge in [-0.25, -0.2) is 9.59 Å². The number of piperidine rings is 2. The van der Waals surface area contributed by atoms with E-state index in [0.717, 1.165) is 98.2 Å². The Bertz CT molecular complexity index is 2840. The fourth-order valence-corrected chi connectivity index (χ4v) is 22.1. The first-order chi connectivity index (χ1) is 39.5. The molecule has 6 saturated carbocycles. The highest BCUT2D eigenvalue weighted by atomic mass is 16.6. The van der Waals surface area contributed by atoms with E-state index in [4.69, 9.17) is 30.2 Å². The number of hydrogen-bond acceptors (Lipinski definition) is 8. The molecule has 0 aromatic heterocycles. The summed E-state index contributed by atoms with van der Waals surface area (Å²) in [6, 6.07) is 20.7. The van der Waals surface area contributed by atoms with Gasteiger partial charge in [0.1, 0.15) is 13.2 Å². The summed E-state index contributed by atoms with van der Waals surface area (Å²) in [5.74, 6) is 7.28. The van der Waals surface area contributed by atoms with E-state index in [1.165, 1.54) is 88.2 Å². The maximum absolute atomic E-state index is 13.6. The highest BCUT2D eigenvalue weighted by Gasteiger charge is 2.65. The van der Waals surface area contributed by atoms with E-state index < -0.39 is 0 Å². The lowest BCUT2D eigenvalue weighted by atomic mass is 9.52. The molecule has 4 heterocycles. The molecule has 444 valence electrons. The van der Waals surface area contributed by atoms with Crippen LogP contribution in [0, 0.1) is 81.8 Å². The number of rotatable bonds is 5. The third kappa shape index (κ3) is 9.32. The van der Waals surface area contributed by atoms with Crippen LogP contribution >= 0.6 is 0 Å². The van der Waals surface area contributed by atoms with E-state index in [-0.39, 0.29) is 65.6 Å². The molecule has 0 bridgehead atoms. The normalized spacial score (nSPS) is 45.0. The Labute approximate surface area is 490 Å².